The van der Waals surface area contributed by atoms with E-state index in [4.69, 9.17) is 0 Å². The lowest BCUT2D eigenvalue weighted by molar-refractivity contribution is -0.117. The van der Waals surface area contributed by atoms with Crippen molar-refractivity contribution < 1.29 is 13.2 Å². The number of carbonyl (C=O) groups excluding carboxylic acids is 1. The summed E-state index contributed by atoms with van der Waals surface area (Å²) in [6, 6.07) is 8.78. The maximum absolute atomic E-state index is 13.3. The van der Waals surface area contributed by atoms with Gasteiger partial charge >= 0.3 is 0 Å². The molecule has 0 bridgehead atoms. The molecule has 10 heteroatoms. The Morgan fingerprint density at radius 1 is 1.10 bits per heavy atom. The zero-order valence-corrected chi connectivity index (χ0v) is 18.1. The number of sulfonamides is 1. The fourth-order valence-electron chi connectivity index (χ4n) is 3.98. The molecule has 0 saturated carbocycles. The van der Waals surface area contributed by atoms with Gasteiger partial charge in [-0.25, -0.2) is 18.4 Å². The highest BCUT2D eigenvalue weighted by Crippen LogP contribution is 2.32. The van der Waals surface area contributed by atoms with E-state index < -0.39 is 10.0 Å². The number of anilines is 2. The van der Waals surface area contributed by atoms with Crippen molar-refractivity contribution in [2.75, 3.05) is 43.0 Å². The van der Waals surface area contributed by atoms with E-state index >= 15 is 0 Å². The molecule has 156 valence electrons. The van der Waals surface area contributed by atoms with Crippen LogP contribution in [0.5, 0.6) is 0 Å². The number of rotatable bonds is 3. The second-order valence-corrected chi connectivity index (χ2v) is 10.4. The van der Waals surface area contributed by atoms with Gasteiger partial charge in [0.1, 0.15) is 10.3 Å². The van der Waals surface area contributed by atoms with Crippen LogP contribution >= 0.6 is 11.3 Å². The van der Waals surface area contributed by atoms with Crippen LogP contribution in [0.15, 0.2) is 41.4 Å². The molecule has 1 saturated heterocycles. The van der Waals surface area contributed by atoms with Gasteiger partial charge in [-0.15, -0.1) is 0 Å². The zero-order valence-electron chi connectivity index (χ0n) is 16.5. The summed E-state index contributed by atoms with van der Waals surface area (Å²) in [5.74, 6) is -0.0183. The van der Waals surface area contributed by atoms with E-state index in [0.29, 0.717) is 19.6 Å². The number of benzene rings is 1. The van der Waals surface area contributed by atoms with Gasteiger partial charge in [0.2, 0.25) is 15.9 Å². The lowest BCUT2D eigenvalue weighted by Crippen LogP contribution is -2.35. The third kappa shape index (κ3) is 3.24. The van der Waals surface area contributed by atoms with Crippen LogP contribution < -0.4 is 9.80 Å². The molecule has 0 spiro atoms. The third-order valence-electron chi connectivity index (χ3n) is 5.65. The van der Waals surface area contributed by atoms with Crippen molar-refractivity contribution in [3.8, 4) is 0 Å². The maximum Gasteiger partial charge on any atom is 0.243 e. The first-order valence-corrected chi connectivity index (χ1v) is 12.1. The molecular weight excluding hydrogens is 422 g/mol. The van der Waals surface area contributed by atoms with E-state index in [2.05, 4.69) is 14.9 Å². The van der Waals surface area contributed by atoms with E-state index in [1.807, 2.05) is 12.1 Å². The minimum Gasteiger partial charge on any atom is -0.347 e. The number of amides is 1. The Morgan fingerprint density at radius 3 is 2.80 bits per heavy atom. The van der Waals surface area contributed by atoms with Gasteiger partial charge in [0, 0.05) is 45.1 Å². The molecule has 2 aliphatic heterocycles. The highest BCUT2D eigenvalue weighted by Gasteiger charge is 2.31. The van der Waals surface area contributed by atoms with Crippen molar-refractivity contribution in [3.05, 3.63) is 42.1 Å². The summed E-state index contributed by atoms with van der Waals surface area (Å²) in [6.45, 7) is 2.17. The molecule has 0 aliphatic carbocycles. The molecule has 30 heavy (non-hydrogen) atoms. The van der Waals surface area contributed by atoms with Crippen LogP contribution in [0.25, 0.3) is 10.3 Å². The molecule has 0 radical (unpaired) electrons. The molecular formula is C20H21N5O3S2. The van der Waals surface area contributed by atoms with E-state index in [-0.39, 0.29) is 17.2 Å². The van der Waals surface area contributed by atoms with E-state index in [0.717, 1.165) is 39.7 Å². The standard InChI is InChI=1S/C20H21N5O3S2/c1-23-17-6-5-15(12-14(17)13-18(23)26)30(27,28)25-9-3-8-24(10-11-25)20-22-16-4-2-7-21-19(16)29-20/h2,4-7,12H,3,8-11,13H2,1H3. The zero-order chi connectivity index (χ0) is 20.9. The van der Waals surface area contributed by atoms with Gasteiger partial charge in [-0.05, 0) is 42.3 Å². The van der Waals surface area contributed by atoms with Gasteiger partial charge in [-0.3, -0.25) is 4.79 Å². The number of carbonyl (C=O) groups is 1. The summed E-state index contributed by atoms with van der Waals surface area (Å²) in [4.78, 5) is 25.8. The number of fused-ring (bicyclic) bond motifs is 2. The van der Waals surface area contributed by atoms with Crippen LogP contribution in [0.3, 0.4) is 0 Å². The Morgan fingerprint density at radius 2 is 1.97 bits per heavy atom. The number of pyridine rings is 1. The smallest absolute Gasteiger partial charge is 0.243 e. The first-order chi connectivity index (χ1) is 14.4. The van der Waals surface area contributed by atoms with Gasteiger partial charge in [-0.2, -0.15) is 4.31 Å². The first-order valence-electron chi connectivity index (χ1n) is 9.79. The molecule has 1 aromatic carbocycles. The molecule has 1 fully saturated rings. The largest absolute Gasteiger partial charge is 0.347 e. The van der Waals surface area contributed by atoms with Crippen molar-refractivity contribution in [1.82, 2.24) is 14.3 Å². The number of likely N-dealkylation sites (N-methyl/N-ethyl adjacent to an activating group) is 1. The number of hydrogen-bond donors (Lipinski definition) is 0. The van der Waals surface area contributed by atoms with Crippen LogP contribution in [-0.4, -0.2) is 61.8 Å². The van der Waals surface area contributed by atoms with Crippen molar-refractivity contribution in [2.45, 2.75) is 17.7 Å². The molecule has 0 N–H and O–H groups in total. The fourth-order valence-corrected chi connectivity index (χ4v) is 6.46. The Bertz CT molecular complexity index is 1210. The number of thiazole rings is 1. The van der Waals surface area contributed by atoms with Gasteiger partial charge in [-0.1, -0.05) is 11.3 Å². The summed E-state index contributed by atoms with van der Waals surface area (Å²) in [5, 5.41) is 0.877. The molecule has 0 unspecified atom stereocenters. The molecule has 3 aromatic rings. The monoisotopic (exact) mass is 443 g/mol. The van der Waals surface area contributed by atoms with Crippen LogP contribution in [0.1, 0.15) is 12.0 Å². The number of nitrogens with zero attached hydrogens (tertiary/aromatic N) is 5. The molecule has 2 aliphatic rings. The molecule has 1 amide bonds. The minimum atomic E-state index is -3.62. The van der Waals surface area contributed by atoms with E-state index in [1.54, 1.807) is 40.6 Å². The summed E-state index contributed by atoms with van der Waals surface area (Å²) in [7, 11) is -1.91. The van der Waals surface area contributed by atoms with E-state index in [1.165, 1.54) is 11.3 Å². The van der Waals surface area contributed by atoms with Gasteiger partial charge < -0.3 is 9.80 Å². The predicted octanol–water partition coefficient (Wildman–Crippen LogP) is 2.11. The lowest BCUT2D eigenvalue weighted by atomic mass is 10.2. The summed E-state index contributed by atoms with van der Waals surface area (Å²) >= 11 is 1.53. The Hall–Kier alpha value is -2.56. The molecule has 0 atom stereocenters. The average molecular weight is 444 g/mol. The third-order valence-corrected chi connectivity index (χ3v) is 8.58. The quantitative estimate of drug-likeness (QED) is 0.616. The maximum atomic E-state index is 13.3. The average Bonchev–Trinajstić information content (AvgIpc) is 3.17. The predicted molar refractivity (Wildman–Crippen MR) is 117 cm³/mol. The summed E-state index contributed by atoms with van der Waals surface area (Å²) < 4.78 is 28.1. The second-order valence-electron chi connectivity index (χ2n) is 7.49. The minimum absolute atomic E-state index is 0.0183. The topological polar surface area (TPSA) is 86.7 Å². The molecule has 4 heterocycles. The van der Waals surface area contributed by atoms with Crippen molar-refractivity contribution >= 4 is 48.4 Å². The van der Waals surface area contributed by atoms with Gasteiger partial charge in [0.05, 0.1) is 11.3 Å². The van der Waals surface area contributed by atoms with Crippen molar-refractivity contribution in [2.24, 2.45) is 0 Å². The Labute approximate surface area is 178 Å². The normalized spacial score (nSPS) is 18.1. The van der Waals surface area contributed by atoms with Crippen LogP contribution in [0.4, 0.5) is 10.8 Å². The van der Waals surface area contributed by atoms with Gasteiger partial charge in [0.25, 0.3) is 0 Å². The fraction of sp³-hybridized carbons (Fsp3) is 0.350. The van der Waals surface area contributed by atoms with Crippen molar-refractivity contribution in [3.63, 3.8) is 0 Å². The second kappa shape index (κ2) is 7.29. The SMILES string of the molecule is CN1C(=O)Cc2cc(S(=O)(=O)N3CCCN(c4nc5cccnc5s4)CC3)ccc21. The van der Waals surface area contributed by atoms with Crippen LogP contribution in [0, 0.1) is 0 Å². The summed E-state index contributed by atoms with van der Waals surface area (Å²) in [5.41, 5.74) is 2.41. The number of hydrogen-bond acceptors (Lipinski definition) is 7. The number of aromatic nitrogens is 2. The van der Waals surface area contributed by atoms with Crippen LogP contribution in [-0.2, 0) is 21.2 Å². The highest BCUT2D eigenvalue weighted by atomic mass is 32.2. The molecule has 5 rings (SSSR count). The highest BCUT2D eigenvalue weighted by molar-refractivity contribution is 7.89. The van der Waals surface area contributed by atoms with E-state index in [9.17, 15) is 13.2 Å². The Kier molecular flexibility index (Phi) is 4.72. The molecule has 8 nitrogen and oxygen atoms in total. The first kappa shape index (κ1) is 19.4. The summed E-state index contributed by atoms with van der Waals surface area (Å²) in [6.07, 6.45) is 2.71. The lowest BCUT2D eigenvalue weighted by Gasteiger charge is -2.21. The van der Waals surface area contributed by atoms with Gasteiger partial charge in [0.15, 0.2) is 5.13 Å². The van der Waals surface area contributed by atoms with Crippen LogP contribution in [0.2, 0.25) is 0 Å². The Balaban J connectivity index is 1.36. The van der Waals surface area contributed by atoms with Crippen molar-refractivity contribution in [1.29, 1.82) is 0 Å². The molecule has 2 aromatic heterocycles.